The SMILES string of the molecule is CC1(C2CC2)CN(c2cc(F)ccc2Br)CCCN1. The lowest BCUT2D eigenvalue weighted by Crippen LogP contribution is -2.51. The van der Waals surface area contributed by atoms with E-state index in [1.165, 1.54) is 18.9 Å². The zero-order valence-corrected chi connectivity index (χ0v) is 12.8. The minimum Gasteiger partial charge on any atom is -0.369 e. The second-order valence-electron chi connectivity index (χ2n) is 5.99. The van der Waals surface area contributed by atoms with E-state index in [0.29, 0.717) is 0 Å². The number of nitrogens with zero attached hydrogens (tertiary/aromatic N) is 1. The lowest BCUT2D eigenvalue weighted by atomic mass is 9.95. The normalized spacial score (nSPS) is 28.3. The number of hydrogen-bond donors (Lipinski definition) is 1. The summed E-state index contributed by atoms with van der Waals surface area (Å²) in [5.74, 6) is 0.615. The third kappa shape index (κ3) is 2.79. The molecule has 0 amide bonds. The quantitative estimate of drug-likeness (QED) is 0.894. The van der Waals surface area contributed by atoms with E-state index < -0.39 is 0 Å². The van der Waals surface area contributed by atoms with Gasteiger partial charge in [0.05, 0.1) is 5.69 Å². The van der Waals surface area contributed by atoms with Crippen molar-refractivity contribution >= 4 is 21.6 Å². The average molecular weight is 327 g/mol. The summed E-state index contributed by atoms with van der Waals surface area (Å²) in [7, 11) is 0. The maximum absolute atomic E-state index is 13.5. The fourth-order valence-electron chi connectivity index (χ4n) is 3.10. The van der Waals surface area contributed by atoms with Crippen LogP contribution in [0.25, 0.3) is 0 Å². The van der Waals surface area contributed by atoms with Gasteiger partial charge in [-0.25, -0.2) is 4.39 Å². The maximum Gasteiger partial charge on any atom is 0.125 e. The van der Waals surface area contributed by atoms with Crippen LogP contribution in [0, 0.1) is 11.7 Å². The summed E-state index contributed by atoms with van der Waals surface area (Å²) < 4.78 is 14.5. The largest absolute Gasteiger partial charge is 0.369 e. The molecule has 2 fully saturated rings. The average Bonchev–Trinajstić information content (AvgIpc) is 3.19. The number of rotatable bonds is 2. The molecule has 1 aliphatic carbocycles. The van der Waals surface area contributed by atoms with Crippen molar-refractivity contribution in [3.8, 4) is 0 Å². The third-order valence-corrected chi connectivity index (χ3v) is 5.05. The highest BCUT2D eigenvalue weighted by molar-refractivity contribution is 9.10. The third-order valence-electron chi connectivity index (χ3n) is 4.38. The first-order valence-electron chi connectivity index (χ1n) is 7.03. The first kappa shape index (κ1) is 13.4. The highest BCUT2D eigenvalue weighted by Crippen LogP contribution is 2.41. The Morgan fingerprint density at radius 3 is 2.95 bits per heavy atom. The molecule has 1 aliphatic heterocycles. The van der Waals surface area contributed by atoms with Gasteiger partial charge in [0.2, 0.25) is 0 Å². The van der Waals surface area contributed by atoms with Gasteiger partial charge in [0.25, 0.3) is 0 Å². The molecule has 2 aliphatic rings. The van der Waals surface area contributed by atoms with Crippen LogP contribution in [0.15, 0.2) is 22.7 Å². The van der Waals surface area contributed by atoms with E-state index in [-0.39, 0.29) is 11.4 Å². The number of anilines is 1. The van der Waals surface area contributed by atoms with Gasteiger partial charge >= 0.3 is 0 Å². The predicted molar refractivity (Wildman–Crippen MR) is 80.1 cm³/mol. The molecule has 4 heteroatoms. The molecule has 1 N–H and O–H groups in total. The molecule has 104 valence electrons. The molecule has 1 saturated carbocycles. The summed E-state index contributed by atoms with van der Waals surface area (Å²) in [6.45, 7) is 5.31. The first-order chi connectivity index (χ1) is 9.08. The molecule has 0 bridgehead atoms. The molecule has 0 radical (unpaired) electrons. The van der Waals surface area contributed by atoms with E-state index >= 15 is 0 Å². The van der Waals surface area contributed by atoms with Gasteiger partial charge in [-0.15, -0.1) is 0 Å². The molecule has 3 rings (SSSR count). The topological polar surface area (TPSA) is 15.3 Å². The number of hydrogen-bond acceptors (Lipinski definition) is 2. The Kier molecular flexibility index (Phi) is 3.56. The van der Waals surface area contributed by atoms with Crippen LogP contribution in [0.4, 0.5) is 10.1 Å². The van der Waals surface area contributed by atoms with Gasteiger partial charge in [0, 0.05) is 23.1 Å². The zero-order valence-electron chi connectivity index (χ0n) is 11.3. The Hall–Kier alpha value is -0.610. The first-order valence-corrected chi connectivity index (χ1v) is 7.83. The van der Waals surface area contributed by atoms with E-state index in [1.807, 2.05) is 0 Å². The summed E-state index contributed by atoms with van der Waals surface area (Å²) in [5, 5.41) is 3.70. The van der Waals surface area contributed by atoms with Crippen LogP contribution in [-0.4, -0.2) is 25.2 Å². The number of nitrogens with one attached hydrogen (secondary N) is 1. The van der Waals surface area contributed by atoms with Gasteiger partial charge < -0.3 is 10.2 Å². The van der Waals surface area contributed by atoms with Gasteiger partial charge in [-0.1, -0.05) is 0 Å². The van der Waals surface area contributed by atoms with E-state index in [9.17, 15) is 4.39 Å². The molecule has 1 unspecified atom stereocenters. The van der Waals surface area contributed by atoms with Crippen molar-refractivity contribution in [3.63, 3.8) is 0 Å². The minimum absolute atomic E-state index is 0.163. The van der Waals surface area contributed by atoms with E-state index in [0.717, 1.165) is 42.1 Å². The summed E-state index contributed by atoms with van der Waals surface area (Å²) in [6.07, 6.45) is 3.74. The second-order valence-corrected chi connectivity index (χ2v) is 6.84. The molecule has 19 heavy (non-hydrogen) atoms. The number of halogens is 2. The maximum atomic E-state index is 13.5. The highest BCUT2D eigenvalue weighted by Gasteiger charge is 2.43. The number of benzene rings is 1. The lowest BCUT2D eigenvalue weighted by molar-refractivity contribution is 0.331. The van der Waals surface area contributed by atoms with Crippen molar-refractivity contribution in [3.05, 3.63) is 28.5 Å². The van der Waals surface area contributed by atoms with Crippen LogP contribution in [-0.2, 0) is 0 Å². The molecular formula is C15H20BrFN2. The Bertz CT molecular complexity index is 475. The minimum atomic E-state index is -0.163. The van der Waals surface area contributed by atoms with Crippen molar-refractivity contribution in [1.82, 2.24) is 5.32 Å². The second kappa shape index (κ2) is 5.06. The van der Waals surface area contributed by atoms with Crippen LogP contribution in [0.2, 0.25) is 0 Å². The molecule has 0 spiro atoms. The fraction of sp³-hybridized carbons (Fsp3) is 0.600. The molecular weight excluding hydrogens is 307 g/mol. The van der Waals surface area contributed by atoms with Crippen molar-refractivity contribution < 1.29 is 4.39 Å². The Labute approximate surface area is 122 Å². The molecule has 0 aromatic heterocycles. The van der Waals surface area contributed by atoms with Crippen LogP contribution >= 0.6 is 15.9 Å². The molecule has 1 saturated heterocycles. The molecule has 1 heterocycles. The van der Waals surface area contributed by atoms with Crippen molar-refractivity contribution in [1.29, 1.82) is 0 Å². The molecule has 1 atom stereocenters. The van der Waals surface area contributed by atoms with Crippen molar-refractivity contribution in [2.24, 2.45) is 5.92 Å². The smallest absolute Gasteiger partial charge is 0.125 e. The summed E-state index contributed by atoms with van der Waals surface area (Å²) in [6, 6.07) is 4.95. The Morgan fingerprint density at radius 2 is 2.21 bits per heavy atom. The van der Waals surface area contributed by atoms with Crippen LogP contribution in [0.3, 0.4) is 0 Å². The van der Waals surface area contributed by atoms with Crippen molar-refractivity contribution in [2.45, 2.75) is 31.7 Å². The van der Waals surface area contributed by atoms with Gasteiger partial charge in [-0.3, -0.25) is 0 Å². The Morgan fingerprint density at radius 1 is 1.42 bits per heavy atom. The molecule has 1 aromatic carbocycles. The molecule has 1 aromatic rings. The summed E-state index contributed by atoms with van der Waals surface area (Å²) in [4.78, 5) is 2.32. The summed E-state index contributed by atoms with van der Waals surface area (Å²) >= 11 is 3.55. The molecule has 2 nitrogen and oxygen atoms in total. The fourth-order valence-corrected chi connectivity index (χ4v) is 3.60. The van der Waals surface area contributed by atoms with E-state index in [4.69, 9.17) is 0 Å². The highest BCUT2D eigenvalue weighted by atomic mass is 79.9. The zero-order chi connectivity index (χ0) is 13.5. The van der Waals surface area contributed by atoms with Gasteiger partial charge in [0.1, 0.15) is 5.82 Å². The van der Waals surface area contributed by atoms with Gasteiger partial charge in [-0.2, -0.15) is 0 Å². The summed E-state index contributed by atoms with van der Waals surface area (Å²) in [5.41, 5.74) is 1.15. The van der Waals surface area contributed by atoms with Gasteiger partial charge in [0.15, 0.2) is 0 Å². The predicted octanol–water partition coefficient (Wildman–Crippen LogP) is 3.56. The van der Waals surface area contributed by atoms with Crippen LogP contribution < -0.4 is 10.2 Å². The van der Waals surface area contributed by atoms with Crippen LogP contribution in [0.5, 0.6) is 0 Å². The van der Waals surface area contributed by atoms with Gasteiger partial charge in [-0.05, 0) is 72.8 Å². The monoisotopic (exact) mass is 326 g/mol. The van der Waals surface area contributed by atoms with E-state index in [2.05, 4.69) is 33.1 Å². The van der Waals surface area contributed by atoms with E-state index in [1.54, 1.807) is 12.1 Å². The van der Waals surface area contributed by atoms with Crippen molar-refractivity contribution in [2.75, 3.05) is 24.5 Å². The van der Waals surface area contributed by atoms with Crippen LogP contribution in [0.1, 0.15) is 26.2 Å². The standard InChI is InChI=1S/C15H20BrFN2/c1-15(11-3-4-11)10-19(8-2-7-18-15)14-9-12(17)5-6-13(14)16/h5-6,9,11,18H,2-4,7-8,10H2,1H3. The Balaban J connectivity index is 1.88. The lowest BCUT2D eigenvalue weighted by Gasteiger charge is -2.35.